The molecule has 0 aliphatic heterocycles. The van der Waals surface area contributed by atoms with Crippen molar-refractivity contribution in [1.82, 2.24) is 0 Å². The van der Waals surface area contributed by atoms with E-state index in [0.717, 1.165) is 30.6 Å². The van der Waals surface area contributed by atoms with Crippen LogP contribution >= 0.6 is 0 Å². The number of amides is 1. The fraction of sp³-hybridized carbons (Fsp3) is 0.333. The first-order valence-corrected chi connectivity index (χ1v) is 12.6. The molecule has 3 rings (SSSR count). The minimum absolute atomic E-state index is 0.201. The molecule has 6 nitrogen and oxygen atoms in total. The molecule has 0 spiro atoms. The third-order valence-electron chi connectivity index (χ3n) is 5.75. The maximum Gasteiger partial charge on any atom is 0.305 e. The van der Waals surface area contributed by atoms with E-state index in [1.807, 2.05) is 37.3 Å². The summed E-state index contributed by atoms with van der Waals surface area (Å²) in [5.74, 6) is 0.129. The molecule has 0 bridgehead atoms. The molecular weight excluding hydrogens is 452 g/mol. The van der Waals surface area contributed by atoms with E-state index in [4.69, 9.17) is 9.47 Å². The van der Waals surface area contributed by atoms with Gasteiger partial charge in [0, 0.05) is 24.2 Å². The Balaban J connectivity index is 1.56. The Bertz CT molecular complexity index is 1140. The first-order chi connectivity index (χ1) is 17.5. The molecule has 1 amide bonds. The lowest BCUT2D eigenvalue weighted by molar-refractivity contribution is -0.143. The van der Waals surface area contributed by atoms with Crippen LogP contribution in [-0.4, -0.2) is 25.1 Å². The van der Waals surface area contributed by atoms with Gasteiger partial charge in [0.2, 0.25) is 0 Å². The van der Waals surface area contributed by atoms with Crippen LogP contribution in [0.25, 0.3) is 0 Å². The quantitative estimate of drug-likeness (QED) is 0.211. The molecule has 0 aliphatic rings. The molecule has 0 heterocycles. The second-order valence-corrected chi connectivity index (χ2v) is 8.66. The minimum Gasteiger partial charge on any atom is -0.491 e. The Hall–Kier alpha value is -3.80. The molecule has 0 radical (unpaired) electrons. The van der Waals surface area contributed by atoms with Crippen molar-refractivity contribution in [2.45, 2.75) is 53.0 Å². The van der Waals surface area contributed by atoms with E-state index < -0.39 is 0 Å². The summed E-state index contributed by atoms with van der Waals surface area (Å²) in [7, 11) is 0. The molecule has 6 heteroatoms. The molecule has 3 aromatic rings. The predicted molar refractivity (Wildman–Crippen MR) is 145 cm³/mol. The van der Waals surface area contributed by atoms with Crippen molar-refractivity contribution in [3.05, 3.63) is 89.0 Å². The monoisotopic (exact) mass is 488 g/mol. The molecule has 0 fully saturated rings. The minimum atomic E-state index is -0.235. The van der Waals surface area contributed by atoms with Gasteiger partial charge in [-0.3, -0.25) is 9.59 Å². The topological polar surface area (TPSA) is 76.7 Å². The summed E-state index contributed by atoms with van der Waals surface area (Å²) in [5, 5.41) is 6.39. The molecule has 0 aliphatic carbocycles. The average molecular weight is 489 g/mol. The number of carbonyl (C=O) groups excluding carboxylic acids is 2. The van der Waals surface area contributed by atoms with Crippen molar-refractivity contribution < 1.29 is 19.1 Å². The van der Waals surface area contributed by atoms with Crippen molar-refractivity contribution in [2.24, 2.45) is 0 Å². The lowest BCUT2D eigenvalue weighted by Crippen LogP contribution is -2.15. The van der Waals surface area contributed by atoms with E-state index in [1.54, 1.807) is 19.1 Å². The highest BCUT2D eigenvalue weighted by Crippen LogP contribution is 2.26. The van der Waals surface area contributed by atoms with E-state index in [0.29, 0.717) is 43.1 Å². The van der Waals surface area contributed by atoms with Crippen molar-refractivity contribution in [2.75, 3.05) is 23.8 Å². The van der Waals surface area contributed by atoms with Crippen LogP contribution in [0.3, 0.4) is 0 Å². The van der Waals surface area contributed by atoms with Gasteiger partial charge in [-0.2, -0.15) is 0 Å². The number of aryl methyl sites for hydroxylation is 2. The van der Waals surface area contributed by atoms with Crippen molar-refractivity contribution in [1.29, 1.82) is 0 Å². The number of para-hydroxylation sites is 2. The lowest BCUT2D eigenvalue weighted by atomic mass is 10.1. The van der Waals surface area contributed by atoms with Crippen molar-refractivity contribution in [3.8, 4) is 5.75 Å². The Morgan fingerprint density at radius 2 is 1.67 bits per heavy atom. The lowest BCUT2D eigenvalue weighted by Gasteiger charge is -2.14. The Kier molecular flexibility index (Phi) is 10.4. The summed E-state index contributed by atoms with van der Waals surface area (Å²) in [4.78, 5) is 24.5. The first-order valence-electron chi connectivity index (χ1n) is 12.6. The second kappa shape index (κ2) is 13.9. The van der Waals surface area contributed by atoms with Gasteiger partial charge in [0.05, 0.1) is 18.9 Å². The number of benzene rings is 3. The van der Waals surface area contributed by atoms with Gasteiger partial charge in [-0.05, 0) is 73.7 Å². The van der Waals surface area contributed by atoms with Gasteiger partial charge < -0.3 is 20.1 Å². The fourth-order valence-electron chi connectivity index (χ4n) is 3.86. The first kappa shape index (κ1) is 26.8. The highest BCUT2D eigenvalue weighted by Gasteiger charge is 2.13. The van der Waals surface area contributed by atoms with Crippen LogP contribution in [0.2, 0.25) is 0 Å². The van der Waals surface area contributed by atoms with Crippen LogP contribution < -0.4 is 15.4 Å². The Morgan fingerprint density at radius 1 is 0.917 bits per heavy atom. The number of nitrogens with one attached hydrogen (secondary N) is 2. The number of anilines is 2. The van der Waals surface area contributed by atoms with Crippen LogP contribution in [0.1, 0.15) is 60.2 Å². The van der Waals surface area contributed by atoms with Gasteiger partial charge in [0.25, 0.3) is 5.91 Å². The number of ether oxygens (including phenoxy) is 2. The van der Waals surface area contributed by atoms with Crippen LogP contribution in [0, 0.1) is 6.92 Å². The average Bonchev–Trinajstić information content (AvgIpc) is 2.87. The number of rotatable bonds is 13. The number of esters is 1. The van der Waals surface area contributed by atoms with Gasteiger partial charge in [-0.15, -0.1) is 0 Å². The summed E-state index contributed by atoms with van der Waals surface area (Å²) < 4.78 is 10.7. The molecule has 0 saturated heterocycles. The normalized spacial score (nSPS) is 10.5. The molecule has 0 unspecified atom stereocenters. The van der Waals surface area contributed by atoms with Gasteiger partial charge >= 0.3 is 5.97 Å². The third kappa shape index (κ3) is 8.15. The van der Waals surface area contributed by atoms with Crippen LogP contribution in [0.15, 0.2) is 66.7 Å². The zero-order chi connectivity index (χ0) is 25.8. The molecule has 3 aromatic carbocycles. The summed E-state index contributed by atoms with van der Waals surface area (Å²) in [6.07, 6.45) is 3.08. The highest BCUT2D eigenvalue weighted by atomic mass is 16.5. The van der Waals surface area contributed by atoms with E-state index in [-0.39, 0.29) is 11.9 Å². The zero-order valence-electron chi connectivity index (χ0n) is 21.4. The van der Waals surface area contributed by atoms with Gasteiger partial charge in [-0.1, -0.05) is 49.7 Å². The molecular formula is C30H36N2O4. The van der Waals surface area contributed by atoms with E-state index in [1.165, 1.54) is 11.1 Å². The van der Waals surface area contributed by atoms with E-state index in [9.17, 15) is 9.59 Å². The Labute approximate surface area is 214 Å². The fourth-order valence-corrected chi connectivity index (χ4v) is 3.86. The molecule has 0 saturated carbocycles. The second-order valence-electron chi connectivity index (χ2n) is 8.66. The number of carbonyl (C=O) groups is 2. The number of hydrogen-bond donors (Lipinski definition) is 2. The molecule has 0 atom stereocenters. The summed E-state index contributed by atoms with van der Waals surface area (Å²) >= 11 is 0. The summed E-state index contributed by atoms with van der Waals surface area (Å²) in [6.45, 7) is 7.34. The SMILES string of the molecule is CCCc1ccc(CNc2ccc(C(=O)Nc3ccccc3OCCCC(=O)OCC)c(C)c2)cc1. The molecule has 36 heavy (non-hydrogen) atoms. The van der Waals surface area contributed by atoms with Crippen LogP contribution in [-0.2, 0) is 22.5 Å². The molecule has 0 aromatic heterocycles. The maximum absolute atomic E-state index is 13.0. The number of hydrogen-bond acceptors (Lipinski definition) is 5. The summed E-state index contributed by atoms with van der Waals surface area (Å²) in [5.41, 5.74) is 5.60. The largest absolute Gasteiger partial charge is 0.491 e. The van der Waals surface area contributed by atoms with Crippen molar-refractivity contribution in [3.63, 3.8) is 0 Å². The Morgan fingerprint density at radius 3 is 2.39 bits per heavy atom. The van der Waals surface area contributed by atoms with Gasteiger partial charge in [0.1, 0.15) is 5.75 Å². The predicted octanol–water partition coefficient (Wildman–Crippen LogP) is 6.53. The zero-order valence-corrected chi connectivity index (χ0v) is 21.4. The van der Waals surface area contributed by atoms with E-state index in [2.05, 4.69) is 41.8 Å². The van der Waals surface area contributed by atoms with E-state index >= 15 is 0 Å². The van der Waals surface area contributed by atoms with Crippen LogP contribution in [0.5, 0.6) is 5.75 Å². The van der Waals surface area contributed by atoms with Gasteiger partial charge in [-0.25, -0.2) is 0 Å². The third-order valence-corrected chi connectivity index (χ3v) is 5.75. The van der Waals surface area contributed by atoms with Gasteiger partial charge in [0.15, 0.2) is 0 Å². The smallest absolute Gasteiger partial charge is 0.305 e. The van der Waals surface area contributed by atoms with Crippen LogP contribution in [0.4, 0.5) is 11.4 Å². The molecule has 2 N–H and O–H groups in total. The van der Waals surface area contributed by atoms with Crippen molar-refractivity contribution >= 4 is 23.3 Å². The highest BCUT2D eigenvalue weighted by molar-refractivity contribution is 6.06. The molecule has 190 valence electrons. The summed E-state index contributed by atoms with van der Waals surface area (Å²) in [6, 6.07) is 21.7. The maximum atomic E-state index is 13.0. The standard InChI is InChI=1S/C30H36N2O4/c1-4-9-23-13-15-24(16-14-23)21-31-25-17-18-26(22(3)20-25)30(34)32-27-10-6-7-11-28(27)36-19-8-12-29(33)35-5-2/h6-7,10-11,13-18,20,31H,4-5,8-9,12,19,21H2,1-3H3,(H,32,34).